The Labute approximate surface area is 124 Å². The molecule has 3 rings (SSSR count). The van der Waals surface area contributed by atoms with Crippen LogP contribution in [-0.2, 0) is 21.2 Å². The largest absolute Gasteiger partial charge is 0.383 e. The summed E-state index contributed by atoms with van der Waals surface area (Å²) in [6.45, 7) is 0.228. The van der Waals surface area contributed by atoms with Gasteiger partial charge in [-0.15, -0.1) is 0 Å². The average Bonchev–Trinajstić information content (AvgIpc) is 2.75. The molecule has 21 heavy (non-hydrogen) atoms. The van der Waals surface area contributed by atoms with Crippen molar-refractivity contribution in [3.63, 3.8) is 0 Å². The van der Waals surface area contributed by atoms with Crippen molar-refractivity contribution in [2.45, 2.75) is 42.9 Å². The lowest BCUT2D eigenvalue weighted by Gasteiger charge is -2.40. The first-order valence-electron chi connectivity index (χ1n) is 7.27. The van der Waals surface area contributed by atoms with E-state index in [1.165, 1.54) is 19.2 Å². The Morgan fingerprint density at radius 3 is 2.81 bits per heavy atom. The number of aryl methyl sites for hydroxylation is 1. The Kier molecular flexibility index (Phi) is 3.80. The summed E-state index contributed by atoms with van der Waals surface area (Å²) in [5.41, 5.74) is 1.80. The van der Waals surface area contributed by atoms with E-state index in [1.807, 2.05) is 0 Å². The second-order valence-electron chi connectivity index (χ2n) is 6.03. The van der Waals surface area contributed by atoms with Gasteiger partial charge in [0.25, 0.3) is 0 Å². The normalized spacial score (nSPS) is 23.6. The van der Waals surface area contributed by atoms with Crippen LogP contribution >= 0.6 is 0 Å². The van der Waals surface area contributed by atoms with Crippen LogP contribution in [0.15, 0.2) is 18.2 Å². The molecule has 0 bridgehead atoms. The van der Waals surface area contributed by atoms with Gasteiger partial charge in [-0.2, -0.15) is 0 Å². The Morgan fingerprint density at radius 2 is 2.19 bits per heavy atom. The molecule has 0 aromatic heterocycles. The van der Waals surface area contributed by atoms with Crippen LogP contribution in [-0.4, -0.2) is 26.9 Å². The summed E-state index contributed by atoms with van der Waals surface area (Å²) in [4.78, 5) is 0. The van der Waals surface area contributed by atoms with Crippen LogP contribution in [0.5, 0.6) is 0 Å². The van der Waals surface area contributed by atoms with Gasteiger partial charge in [-0.1, -0.05) is 12.5 Å². The molecule has 4 nitrogen and oxygen atoms in total. The van der Waals surface area contributed by atoms with E-state index in [2.05, 4.69) is 4.72 Å². The van der Waals surface area contributed by atoms with Crippen molar-refractivity contribution in [3.8, 4) is 0 Å². The molecule has 0 spiro atoms. The first kappa shape index (κ1) is 14.9. The zero-order valence-electron chi connectivity index (χ0n) is 12.1. The Balaban J connectivity index is 1.82. The van der Waals surface area contributed by atoms with E-state index in [-0.39, 0.29) is 18.5 Å². The second-order valence-corrected chi connectivity index (χ2v) is 8.13. The molecule has 0 radical (unpaired) electrons. The molecular weight excluding hydrogens is 293 g/mol. The molecule has 1 atom stereocenters. The molecule has 2 aliphatic rings. The minimum Gasteiger partial charge on any atom is -0.383 e. The molecule has 1 fully saturated rings. The van der Waals surface area contributed by atoms with E-state index < -0.39 is 14.8 Å². The minimum atomic E-state index is -3.45. The third kappa shape index (κ3) is 2.49. The molecule has 0 saturated heterocycles. The summed E-state index contributed by atoms with van der Waals surface area (Å²) >= 11 is 0. The number of fused-ring (bicyclic) bond motifs is 1. The van der Waals surface area contributed by atoms with Gasteiger partial charge in [0.05, 0.1) is 6.61 Å². The molecule has 0 heterocycles. The second kappa shape index (κ2) is 5.34. The average molecular weight is 313 g/mol. The van der Waals surface area contributed by atoms with Gasteiger partial charge in [-0.05, 0) is 48.9 Å². The van der Waals surface area contributed by atoms with Gasteiger partial charge in [0.1, 0.15) is 10.6 Å². The molecule has 0 aliphatic heterocycles. The fourth-order valence-corrected chi connectivity index (χ4v) is 5.31. The van der Waals surface area contributed by atoms with E-state index in [1.54, 1.807) is 6.07 Å². The topological polar surface area (TPSA) is 55.4 Å². The van der Waals surface area contributed by atoms with E-state index in [0.717, 1.165) is 17.5 Å². The SMILES string of the molecule is COCC1(S(=O)(=O)NC2CCc3cc(F)ccc32)CCC1. The molecule has 0 amide bonds. The highest BCUT2D eigenvalue weighted by Crippen LogP contribution is 2.41. The van der Waals surface area contributed by atoms with Gasteiger partial charge in [-0.3, -0.25) is 0 Å². The zero-order chi connectivity index (χ0) is 15.1. The Morgan fingerprint density at radius 1 is 1.43 bits per heavy atom. The van der Waals surface area contributed by atoms with Crippen molar-refractivity contribution in [2.75, 3.05) is 13.7 Å². The first-order chi connectivity index (χ1) is 9.97. The van der Waals surface area contributed by atoms with Crippen LogP contribution < -0.4 is 4.72 Å². The van der Waals surface area contributed by atoms with Crippen molar-refractivity contribution >= 4 is 10.0 Å². The van der Waals surface area contributed by atoms with E-state index in [0.29, 0.717) is 25.7 Å². The summed E-state index contributed by atoms with van der Waals surface area (Å²) in [5.74, 6) is -0.271. The van der Waals surface area contributed by atoms with Crippen LogP contribution in [0.25, 0.3) is 0 Å². The van der Waals surface area contributed by atoms with Gasteiger partial charge >= 0.3 is 0 Å². The van der Waals surface area contributed by atoms with Crippen molar-refractivity contribution < 1.29 is 17.5 Å². The summed E-state index contributed by atoms with van der Waals surface area (Å²) < 4.78 is 45.8. The highest BCUT2D eigenvalue weighted by molar-refractivity contribution is 7.91. The lowest BCUT2D eigenvalue weighted by Crippen LogP contribution is -2.54. The van der Waals surface area contributed by atoms with Crippen LogP contribution in [0.3, 0.4) is 0 Å². The van der Waals surface area contributed by atoms with Crippen molar-refractivity contribution in [2.24, 2.45) is 0 Å². The lowest BCUT2D eigenvalue weighted by atomic mass is 9.85. The molecule has 1 unspecified atom stereocenters. The van der Waals surface area contributed by atoms with Gasteiger partial charge in [-0.25, -0.2) is 17.5 Å². The number of hydrogen-bond donors (Lipinski definition) is 1. The maximum atomic E-state index is 13.2. The number of sulfonamides is 1. The smallest absolute Gasteiger partial charge is 0.220 e. The lowest BCUT2D eigenvalue weighted by molar-refractivity contribution is 0.125. The van der Waals surface area contributed by atoms with E-state index in [4.69, 9.17) is 4.74 Å². The summed E-state index contributed by atoms with van der Waals surface area (Å²) in [6, 6.07) is 4.33. The summed E-state index contributed by atoms with van der Waals surface area (Å²) in [7, 11) is -1.92. The fourth-order valence-electron chi connectivity index (χ4n) is 3.35. The fraction of sp³-hybridized carbons (Fsp3) is 0.600. The summed E-state index contributed by atoms with van der Waals surface area (Å²) in [5, 5.41) is 0. The summed E-state index contributed by atoms with van der Waals surface area (Å²) in [6.07, 6.45) is 3.58. The highest BCUT2D eigenvalue weighted by atomic mass is 32.2. The number of nitrogens with one attached hydrogen (secondary N) is 1. The van der Waals surface area contributed by atoms with Crippen molar-refractivity contribution in [1.29, 1.82) is 0 Å². The quantitative estimate of drug-likeness (QED) is 0.907. The molecule has 2 aliphatic carbocycles. The van der Waals surface area contributed by atoms with Crippen LogP contribution in [0.1, 0.15) is 42.9 Å². The predicted molar refractivity (Wildman–Crippen MR) is 78.0 cm³/mol. The Bertz CT molecular complexity index is 640. The standard InChI is InChI=1S/C15H20FNO3S/c1-20-10-15(7-2-8-15)21(18,19)17-14-6-3-11-9-12(16)4-5-13(11)14/h4-5,9,14,17H,2-3,6-8,10H2,1H3. The number of ether oxygens (including phenoxy) is 1. The molecule has 116 valence electrons. The molecule has 1 aromatic carbocycles. The number of methoxy groups -OCH3 is 1. The van der Waals surface area contributed by atoms with Crippen LogP contribution in [0.4, 0.5) is 4.39 Å². The Hall–Kier alpha value is -0.980. The van der Waals surface area contributed by atoms with Gasteiger partial charge in [0.2, 0.25) is 10.0 Å². The van der Waals surface area contributed by atoms with Crippen molar-refractivity contribution in [3.05, 3.63) is 35.1 Å². The first-order valence-corrected chi connectivity index (χ1v) is 8.75. The van der Waals surface area contributed by atoms with E-state index in [9.17, 15) is 12.8 Å². The van der Waals surface area contributed by atoms with Crippen LogP contribution in [0, 0.1) is 5.82 Å². The molecule has 6 heteroatoms. The third-order valence-corrected chi connectivity index (χ3v) is 6.98. The molecule has 1 N–H and O–H groups in total. The molecule has 1 aromatic rings. The minimum absolute atomic E-state index is 0.228. The van der Waals surface area contributed by atoms with Gasteiger partial charge < -0.3 is 4.74 Å². The third-order valence-electron chi connectivity index (χ3n) is 4.72. The number of halogens is 1. The molecule has 1 saturated carbocycles. The molecular formula is C15H20FNO3S. The van der Waals surface area contributed by atoms with Gasteiger partial charge in [0.15, 0.2) is 0 Å². The highest BCUT2D eigenvalue weighted by Gasteiger charge is 2.50. The number of rotatable bonds is 5. The van der Waals surface area contributed by atoms with Gasteiger partial charge in [0, 0.05) is 13.2 Å². The van der Waals surface area contributed by atoms with Crippen LogP contribution in [0.2, 0.25) is 0 Å². The zero-order valence-corrected chi connectivity index (χ0v) is 12.9. The number of hydrogen-bond acceptors (Lipinski definition) is 3. The maximum Gasteiger partial charge on any atom is 0.220 e. The predicted octanol–water partition coefficient (Wildman–Crippen LogP) is 2.30. The maximum absolute atomic E-state index is 13.2. The van der Waals surface area contributed by atoms with E-state index >= 15 is 0 Å². The monoisotopic (exact) mass is 313 g/mol. The van der Waals surface area contributed by atoms with Crippen molar-refractivity contribution in [1.82, 2.24) is 4.72 Å². The number of benzene rings is 1.